The number of hydrogen-bond donors (Lipinski definition) is 1. The van der Waals surface area contributed by atoms with E-state index in [2.05, 4.69) is 5.32 Å². The van der Waals surface area contributed by atoms with E-state index in [4.69, 9.17) is 21.1 Å². The lowest BCUT2D eigenvalue weighted by Gasteiger charge is -2.29. The predicted molar refractivity (Wildman–Crippen MR) is 116 cm³/mol. The van der Waals surface area contributed by atoms with Gasteiger partial charge in [0.15, 0.2) is 19.0 Å². The summed E-state index contributed by atoms with van der Waals surface area (Å²) in [6, 6.07) is 12.1. The molecule has 1 aliphatic heterocycles. The molecule has 162 valence electrons. The maximum atomic E-state index is 12.6. The second-order valence-electron chi connectivity index (χ2n) is 7.63. The maximum absolute atomic E-state index is 12.6. The Morgan fingerprint density at radius 2 is 2.03 bits per heavy atom. The average molecular weight is 443 g/mol. The number of carbonyl (C=O) groups excluding carboxylic acids is 3. The van der Waals surface area contributed by atoms with E-state index >= 15 is 0 Å². The maximum Gasteiger partial charge on any atom is 0.265 e. The van der Waals surface area contributed by atoms with Crippen molar-refractivity contribution in [3.63, 3.8) is 0 Å². The van der Waals surface area contributed by atoms with Gasteiger partial charge in [0.2, 0.25) is 5.91 Å². The number of amides is 2. The van der Waals surface area contributed by atoms with Gasteiger partial charge >= 0.3 is 0 Å². The molecule has 7 nitrogen and oxygen atoms in total. The molecule has 1 saturated carbocycles. The number of rotatable bonds is 9. The van der Waals surface area contributed by atoms with Gasteiger partial charge < -0.3 is 19.7 Å². The zero-order valence-electron chi connectivity index (χ0n) is 16.9. The van der Waals surface area contributed by atoms with Gasteiger partial charge in [-0.25, -0.2) is 0 Å². The number of nitrogens with one attached hydrogen (secondary N) is 1. The predicted octanol–water partition coefficient (Wildman–Crippen LogP) is 3.39. The number of fused-ring (bicyclic) bond motifs is 1. The number of nitrogens with zero attached hydrogens (tertiary/aromatic N) is 1. The Morgan fingerprint density at radius 1 is 1.19 bits per heavy atom. The number of ketones is 1. The highest BCUT2D eigenvalue weighted by molar-refractivity contribution is 6.30. The number of anilines is 1. The van der Waals surface area contributed by atoms with E-state index in [1.165, 1.54) is 0 Å². The zero-order valence-corrected chi connectivity index (χ0v) is 17.7. The van der Waals surface area contributed by atoms with Gasteiger partial charge in [-0.05, 0) is 55.7 Å². The number of Topliss-reactive ketones (excluding diaryl/α,β-unsaturated/α-hetero) is 1. The molecule has 2 aliphatic rings. The molecule has 1 N–H and O–H groups in total. The smallest absolute Gasteiger partial charge is 0.265 e. The SMILES string of the molecule is O=C(CCCN1C(=O)COc2ccc(C(=O)COc3cccc(Cl)c3)cc21)NC1CC1. The first-order valence-corrected chi connectivity index (χ1v) is 10.7. The van der Waals surface area contributed by atoms with Gasteiger partial charge in [-0.2, -0.15) is 0 Å². The standard InChI is InChI=1S/C23H23ClN2O5/c24-16-3-1-4-18(12-16)30-13-20(27)15-6-9-21-19(11-15)26(23(29)14-31-21)10-2-5-22(28)25-17-7-8-17/h1,3-4,6,9,11-12,17H,2,5,7-8,10,13-14H2,(H,25,28). The van der Waals surface area contributed by atoms with Gasteiger partial charge in [0.25, 0.3) is 5.91 Å². The van der Waals surface area contributed by atoms with Crippen molar-refractivity contribution in [2.24, 2.45) is 0 Å². The van der Waals surface area contributed by atoms with E-state index in [1.54, 1.807) is 47.4 Å². The lowest BCUT2D eigenvalue weighted by molar-refractivity contribution is -0.122. The molecule has 0 saturated heterocycles. The summed E-state index contributed by atoms with van der Waals surface area (Å²) in [5.74, 6) is 0.614. The van der Waals surface area contributed by atoms with Crippen LogP contribution in [0.15, 0.2) is 42.5 Å². The molecule has 1 heterocycles. The minimum Gasteiger partial charge on any atom is -0.485 e. The van der Waals surface area contributed by atoms with Crippen molar-refractivity contribution in [2.75, 3.05) is 24.7 Å². The molecule has 0 unspecified atom stereocenters. The molecule has 1 fully saturated rings. The monoisotopic (exact) mass is 442 g/mol. The second kappa shape index (κ2) is 9.39. The summed E-state index contributed by atoms with van der Waals surface area (Å²) in [7, 11) is 0. The van der Waals surface area contributed by atoms with Crippen molar-refractivity contribution in [1.82, 2.24) is 5.32 Å². The van der Waals surface area contributed by atoms with Crippen molar-refractivity contribution in [1.29, 1.82) is 0 Å². The summed E-state index contributed by atoms with van der Waals surface area (Å²) in [4.78, 5) is 38.5. The lowest BCUT2D eigenvalue weighted by Crippen LogP contribution is -2.40. The summed E-state index contributed by atoms with van der Waals surface area (Å²) in [6.45, 7) is 0.158. The molecule has 0 aromatic heterocycles. The molecule has 0 radical (unpaired) electrons. The van der Waals surface area contributed by atoms with E-state index in [1.807, 2.05) is 0 Å². The third-order valence-corrected chi connectivity index (χ3v) is 5.35. The second-order valence-corrected chi connectivity index (χ2v) is 8.07. The van der Waals surface area contributed by atoms with Crippen molar-refractivity contribution in [2.45, 2.75) is 31.7 Å². The molecule has 31 heavy (non-hydrogen) atoms. The molecule has 2 amide bonds. The first kappa shape index (κ1) is 21.2. The fourth-order valence-electron chi connectivity index (χ4n) is 3.33. The van der Waals surface area contributed by atoms with Crippen LogP contribution in [-0.2, 0) is 9.59 Å². The molecule has 0 atom stereocenters. The molecule has 4 rings (SSSR count). The molecule has 8 heteroatoms. The summed E-state index contributed by atoms with van der Waals surface area (Å²) in [5.41, 5.74) is 0.947. The first-order chi connectivity index (χ1) is 15.0. The highest BCUT2D eigenvalue weighted by Crippen LogP contribution is 2.33. The van der Waals surface area contributed by atoms with Crippen LogP contribution in [-0.4, -0.2) is 43.4 Å². The molecule has 1 aliphatic carbocycles. The Bertz CT molecular complexity index is 1010. The number of benzene rings is 2. The van der Waals surface area contributed by atoms with Gasteiger partial charge in [-0.1, -0.05) is 17.7 Å². The number of halogens is 1. The summed E-state index contributed by atoms with van der Waals surface area (Å²) in [5, 5.41) is 3.47. The van der Waals surface area contributed by atoms with E-state index in [0.29, 0.717) is 53.2 Å². The molecule has 2 aromatic rings. The van der Waals surface area contributed by atoms with E-state index < -0.39 is 0 Å². The Kier molecular flexibility index (Phi) is 6.42. The van der Waals surface area contributed by atoms with Crippen LogP contribution in [0, 0.1) is 0 Å². The Morgan fingerprint density at radius 3 is 2.81 bits per heavy atom. The first-order valence-electron chi connectivity index (χ1n) is 10.3. The van der Waals surface area contributed by atoms with Crippen molar-refractivity contribution in [3.05, 3.63) is 53.1 Å². The van der Waals surface area contributed by atoms with Crippen LogP contribution in [0.4, 0.5) is 5.69 Å². The molecule has 0 bridgehead atoms. The minimum atomic E-state index is -0.232. The van der Waals surface area contributed by atoms with Gasteiger partial charge in [-0.3, -0.25) is 14.4 Å². The Labute approximate surface area is 185 Å². The number of carbonyl (C=O) groups is 3. The van der Waals surface area contributed by atoms with Crippen LogP contribution in [0.1, 0.15) is 36.0 Å². The fraction of sp³-hybridized carbons (Fsp3) is 0.348. The average Bonchev–Trinajstić information content (AvgIpc) is 3.57. The van der Waals surface area contributed by atoms with Gasteiger partial charge in [0.05, 0.1) is 5.69 Å². The molecule has 2 aromatic carbocycles. The van der Waals surface area contributed by atoms with E-state index in [9.17, 15) is 14.4 Å². The quantitative estimate of drug-likeness (QED) is 0.602. The Hall–Kier alpha value is -3.06. The highest BCUT2D eigenvalue weighted by atomic mass is 35.5. The Balaban J connectivity index is 1.40. The van der Waals surface area contributed by atoms with Crippen molar-refractivity contribution in [3.8, 4) is 11.5 Å². The fourth-order valence-corrected chi connectivity index (χ4v) is 3.52. The van der Waals surface area contributed by atoms with Crippen molar-refractivity contribution >= 4 is 34.9 Å². The molecular weight excluding hydrogens is 420 g/mol. The van der Waals surface area contributed by atoms with Gasteiger partial charge in [0, 0.05) is 29.6 Å². The van der Waals surface area contributed by atoms with E-state index in [-0.39, 0.29) is 30.8 Å². The van der Waals surface area contributed by atoms with Crippen LogP contribution in [0.5, 0.6) is 11.5 Å². The lowest BCUT2D eigenvalue weighted by atomic mass is 10.1. The zero-order chi connectivity index (χ0) is 21.8. The van der Waals surface area contributed by atoms with Crippen LogP contribution in [0.2, 0.25) is 5.02 Å². The number of hydrogen-bond acceptors (Lipinski definition) is 5. The molecular formula is C23H23ClN2O5. The minimum absolute atomic E-state index is 0.00512. The normalized spacial score (nSPS) is 15.1. The summed E-state index contributed by atoms with van der Waals surface area (Å²) >= 11 is 5.93. The van der Waals surface area contributed by atoms with Gasteiger partial charge in [0.1, 0.15) is 11.5 Å². The third kappa shape index (κ3) is 5.55. The van der Waals surface area contributed by atoms with Crippen LogP contribution < -0.4 is 19.7 Å². The summed E-state index contributed by atoms with van der Waals surface area (Å²) in [6.07, 6.45) is 2.96. The van der Waals surface area contributed by atoms with Crippen molar-refractivity contribution < 1.29 is 23.9 Å². The van der Waals surface area contributed by atoms with Crippen LogP contribution in [0.3, 0.4) is 0 Å². The topological polar surface area (TPSA) is 84.9 Å². The van der Waals surface area contributed by atoms with Crippen LogP contribution in [0.25, 0.3) is 0 Å². The largest absolute Gasteiger partial charge is 0.485 e. The van der Waals surface area contributed by atoms with Crippen LogP contribution >= 0.6 is 11.6 Å². The summed E-state index contributed by atoms with van der Waals surface area (Å²) < 4.78 is 11.0. The van der Waals surface area contributed by atoms with Gasteiger partial charge in [-0.15, -0.1) is 0 Å². The number of ether oxygens (including phenoxy) is 2. The highest BCUT2D eigenvalue weighted by Gasteiger charge is 2.27. The molecule has 0 spiro atoms. The van der Waals surface area contributed by atoms with E-state index in [0.717, 1.165) is 12.8 Å². The third-order valence-electron chi connectivity index (χ3n) is 5.12.